The lowest BCUT2D eigenvalue weighted by Crippen LogP contribution is -2.46. The maximum Gasteiger partial charge on any atom is 0.248 e. The van der Waals surface area contributed by atoms with Crippen LogP contribution in [-0.4, -0.2) is 69.6 Å². The van der Waals surface area contributed by atoms with Crippen LogP contribution in [0.1, 0.15) is 48.9 Å². The molecule has 1 amide bonds. The highest BCUT2D eigenvalue weighted by atomic mass is 32.2. The molecule has 2 saturated heterocycles. The standard InChI is InChI=1S/C20H28N6O4S/c1-13-17(14(2)30-23-13)31(28,29)26-8-6-20(7-9-26)11-25(19(27)15-4-5-15)10-16(20)18-22-21-12-24(18)3/h12,15-16H,4-11H2,1-3H3. The summed E-state index contributed by atoms with van der Waals surface area (Å²) in [5.74, 6) is 1.63. The maximum absolute atomic E-state index is 13.3. The number of hydrogen-bond donors (Lipinski definition) is 0. The number of carbonyl (C=O) groups excluding carboxylic acids is 1. The van der Waals surface area contributed by atoms with E-state index in [1.807, 2.05) is 16.5 Å². The van der Waals surface area contributed by atoms with Gasteiger partial charge in [-0.1, -0.05) is 5.16 Å². The largest absolute Gasteiger partial charge is 0.360 e. The van der Waals surface area contributed by atoms with Crippen molar-refractivity contribution in [1.82, 2.24) is 29.1 Å². The highest BCUT2D eigenvalue weighted by molar-refractivity contribution is 7.89. The fraction of sp³-hybridized carbons (Fsp3) is 0.700. The first kappa shape index (κ1) is 20.6. The number of likely N-dealkylation sites (tertiary alicyclic amines) is 1. The molecule has 0 bridgehead atoms. The minimum atomic E-state index is -3.68. The van der Waals surface area contributed by atoms with Crippen LogP contribution in [0.25, 0.3) is 0 Å². The molecule has 5 rings (SSSR count). The monoisotopic (exact) mass is 448 g/mol. The fourth-order valence-corrected chi connectivity index (χ4v) is 7.07. The summed E-state index contributed by atoms with van der Waals surface area (Å²) in [6.45, 7) is 5.34. The second kappa shape index (κ2) is 7.13. The van der Waals surface area contributed by atoms with Crippen molar-refractivity contribution in [2.24, 2.45) is 18.4 Å². The molecule has 0 N–H and O–H groups in total. The van der Waals surface area contributed by atoms with Crippen molar-refractivity contribution in [2.75, 3.05) is 26.2 Å². The second-order valence-electron chi connectivity index (χ2n) is 9.27. The Morgan fingerprint density at radius 3 is 2.48 bits per heavy atom. The molecule has 1 aliphatic carbocycles. The summed E-state index contributed by atoms with van der Waals surface area (Å²) in [6, 6.07) is 0. The van der Waals surface area contributed by atoms with Crippen LogP contribution in [0.4, 0.5) is 0 Å². The summed E-state index contributed by atoms with van der Waals surface area (Å²) in [5, 5.41) is 12.2. The van der Waals surface area contributed by atoms with E-state index in [-0.39, 0.29) is 28.1 Å². The molecule has 1 saturated carbocycles. The lowest BCUT2D eigenvalue weighted by molar-refractivity contribution is -0.132. The van der Waals surface area contributed by atoms with Crippen LogP contribution in [0.2, 0.25) is 0 Å². The molecular formula is C20H28N6O4S. The van der Waals surface area contributed by atoms with Gasteiger partial charge in [-0.05, 0) is 39.5 Å². The van der Waals surface area contributed by atoms with Gasteiger partial charge in [0.2, 0.25) is 15.9 Å². The van der Waals surface area contributed by atoms with Crippen molar-refractivity contribution in [3.63, 3.8) is 0 Å². The van der Waals surface area contributed by atoms with Crippen molar-refractivity contribution in [3.8, 4) is 0 Å². The van der Waals surface area contributed by atoms with Gasteiger partial charge in [-0.25, -0.2) is 8.42 Å². The molecule has 1 atom stereocenters. The van der Waals surface area contributed by atoms with E-state index in [1.54, 1.807) is 20.2 Å². The van der Waals surface area contributed by atoms with Crippen LogP contribution in [0.5, 0.6) is 0 Å². The van der Waals surface area contributed by atoms with Crippen molar-refractivity contribution < 1.29 is 17.7 Å². The molecule has 0 aromatic carbocycles. The molecule has 11 heteroatoms. The van der Waals surface area contributed by atoms with Gasteiger partial charge in [-0.2, -0.15) is 4.31 Å². The molecule has 10 nitrogen and oxygen atoms in total. The number of piperidine rings is 1. The van der Waals surface area contributed by atoms with Crippen LogP contribution in [0.3, 0.4) is 0 Å². The molecule has 3 aliphatic rings. The van der Waals surface area contributed by atoms with E-state index in [1.165, 1.54) is 4.31 Å². The Balaban J connectivity index is 1.41. The van der Waals surface area contributed by atoms with Gasteiger partial charge in [0.1, 0.15) is 22.7 Å². The molecule has 4 heterocycles. The molecule has 0 radical (unpaired) electrons. The number of aromatic nitrogens is 4. The van der Waals surface area contributed by atoms with Crippen LogP contribution in [0.15, 0.2) is 15.7 Å². The lowest BCUT2D eigenvalue weighted by Gasteiger charge is -2.41. The quantitative estimate of drug-likeness (QED) is 0.691. The molecule has 2 aliphatic heterocycles. The van der Waals surface area contributed by atoms with E-state index >= 15 is 0 Å². The first-order valence-electron chi connectivity index (χ1n) is 10.8. The number of sulfonamides is 1. The van der Waals surface area contributed by atoms with Gasteiger partial charge in [0.25, 0.3) is 0 Å². The summed E-state index contributed by atoms with van der Waals surface area (Å²) in [7, 11) is -1.75. The Morgan fingerprint density at radius 1 is 1.23 bits per heavy atom. The van der Waals surface area contributed by atoms with Crippen LogP contribution in [-0.2, 0) is 21.9 Å². The molecule has 31 heavy (non-hydrogen) atoms. The molecule has 2 aromatic heterocycles. The van der Waals surface area contributed by atoms with Gasteiger partial charge in [0.05, 0.1) is 0 Å². The van der Waals surface area contributed by atoms with Crippen LogP contribution < -0.4 is 0 Å². The number of nitrogens with zero attached hydrogens (tertiary/aromatic N) is 6. The van der Waals surface area contributed by atoms with Crippen molar-refractivity contribution in [2.45, 2.75) is 50.3 Å². The Labute approximate surface area is 181 Å². The summed E-state index contributed by atoms with van der Waals surface area (Å²) in [5.41, 5.74) is 0.188. The highest BCUT2D eigenvalue weighted by Gasteiger charge is 2.53. The van der Waals surface area contributed by atoms with Crippen molar-refractivity contribution >= 4 is 15.9 Å². The summed E-state index contributed by atoms with van der Waals surface area (Å²) in [4.78, 5) is 15.0. The Morgan fingerprint density at radius 2 is 1.94 bits per heavy atom. The summed E-state index contributed by atoms with van der Waals surface area (Å²) < 4.78 is 35.1. The van der Waals surface area contributed by atoms with E-state index < -0.39 is 10.0 Å². The van der Waals surface area contributed by atoms with Crippen LogP contribution in [0, 0.1) is 25.2 Å². The number of aryl methyl sites for hydroxylation is 3. The van der Waals surface area contributed by atoms with Crippen molar-refractivity contribution in [3.05, 3.63) is 23.6 Å². The highest BCUT2D eigenvalue weighted by Crippen LogP contribution is 2.51. The van der Waals surface area contributed by atoms with E-state index in [2.05, 4.69) is 15.4 Å². The van der Waals surface area contributed by atoms with Gasteiger partial charge >= 0.3 is 0 Å². The van der Waals surface area contributed by atoms with E-state index in [0.717, 1.165) is 18.7 Å². The predicted octanol–water partition coefficient (Wildman–Crippen LogP) is 1.23. The third-order valence-corrected chi connectivity index (χ3v) is 9.37. The Kier molecular flexibility index (Phi) is 4.74. The number of carbonyl (C=O) groups is 1. The number of rotatable bonds is 4. The van der Waals surface area contributed by atoms with E-state index in [0.29, 0.717) is 50.5 Å². The third kappa shape index (κ3) is 3.29. The SMILES string of the molecule is Cc1noc(C)c1S(=O)(=O)N1CCC2(CC1)CN(C(=O)C1CC1)CC2c1nncn1C. The minimum absolute atomic E-state index is 0.0478. The number of amides is 1. The molecular weight excluding hydrogens is 420 g/mol. The topological polar surface area (TPSA) is 114 Å². The molecule has 168 valence electrons. The van der Waals surface area contributed by atoms with Gasteiger partial charge in [0.15, 0.2) is 5.76 Å². The average Bonchev–Trinajstić information content (AvgIpc) is 3.28. The predicted molar refractivity (Wildman–Crippen MR) is 109 cm³/mol. The van der Waals surface area contributed by atoms with Gasteiger partial charge in [-0.15, -0.1) is 10.2 Å². The van der Waals surface area contributed by atoms with E-state index in [4.69, 9.17) is 4.52 Å². The zero-order chi connectivity index (χ0) is 22.0. The third-order valence-electron chi connectivity index (χ3n) is 7.23. The maximum atomic E-state index is 13.3. The second-order valence-corrected chi connectivity index (χ2v) is 11.1. The summed E-state index contributed by atoms with van der Waals surface area (Å²) >= 11 is 0. The van der Waals surface area contributed by atoms with E-state index in [9.17, 15) is 13.2 Å². The average molecular weight is 449 g/mol. The minimum Gasteiger partial charge on any atom is -0.360 e. The molecule has 3 fully saturated rings. The molecule has 1 unspecified atom stereocenters. The van der Waals surface area contributed by atoms with Crippen molar-refractivity contribution in [1.29, 1.82) is 0 Å². The Bertz CT molecular complexity index is 1090. The van der Waals surface area contributed by atoms with Crippen LogP contribution >= 0.6 is 0 Å². The van der Waals surface area contributed by atoms with Gasteiger partial charge < -0.3 is 14.0 Å². The lowest BCUT2D eigenvalue weighted by atomic mass is 9.71. The van der Waals surface area contributed by atoms with Gasteiger partial charge in [0, 0.05) is 50.5 Å². The summed E-state index contributed by atoms with van der Waals surface area (Å²) in [6.07, 6.45) is 4.97. The zero-order valence-electron chi connectivity index (χ0n) is 18.1. The zero-order valence-corrected chi connectivity index (χ0v) is 18.9. The normalized spacial score (nSPS) is 24.2. The number of hydrogen-bond acceptors (Lipinski definition) is 7. The first-order chi connectivity index (χ1) is 14.7. The first-order valence-corrected chi connectivity index (χ1v) is 12.2. The fourth-order valence-electron chi connectivity index (χ4n) is 5.34. The molecule has 2 aromatic rings. The smallest absolute Gasteiger partial charge is 0.248 e. The van der Waals surface area contributed by atoms with Gasteiger partial charge in [-0.3, -0.25) is 4.79 Å². The molecule has 1 spiro atoms. The Hall–Kier alpha value is -2.27.